The summed E-state index contributed by atoms with van der Waals surface area (Å²) in [7, 11) is 0. The summed E-state index contributed by atoms with van der Waals surface area (Å²) in [6.45, 7) is 10.9. The molecule has 1 saturated heterocycles. The Hall–Kier alpha value is -1.81. The Labute approximate surface area is 203 Å². The minimum Gasteiger partial charge on any atom is -0.491 e. The van der Waals surface area contributed by atoms with Gasteiger partial charge in [0, 0.05) is 44.2 Å². The first-order valence-corrected chi connectivity index (χ1v) is 11.0. The fraction of sp³-hybridized carbons (Fsp3) is 0.565. The van der Waals surface area contributed by atoms with Crippen molar-refractivity contribution in [3.05, 3.63) is 47.8 Å². The van der Waals surface area contributed by atoms with Crippen LogP contribution in [0.2, 0.25) is 0 Å². The second kappa shape index (κ2) is 13.6. The molecule has 1 aliphatic rings. The van der Waals surface area contributed by atoms with Crippen molar-refractivity contribution in [3.63, 3.8) is 0 Å². The lowest BCUT2D eigenvalue weighted by molar-refractivity contribution is 0.0676. The quantitative estimate of drug-likeness (QED) is 0.272. The van der Waals surface area contributed by atoms with Crippen molar-refractivity contribution in [2.45, 2.75) is 52.8 Å². The third-order valence-corrected chi connectivity index (χ3v) is 5.10. The number of guanidine groups is 1. The molecule has 0 radical (unpaired) electrons. The number of ether oxygens (including phenoxy) is 2. The second-order valence-electron chi connectivity index (χ2n) is 7.97. The van der Waals surface area contributed by atoms with Crippen LogP contribution in [0.5, 0.6) is 5.75 Å². The molecule has 2 atom stereocenters. The van der Waals surface area contributed by atoms with E-state index in [9.17, 15) is 0 Å². The maximum absolute atomic E-state index is 6.11. The van der Waals surface area contributed by atoms with Gasteiger partial charge in [-0.05, 0) is 50.3 Å². The van der Waals surface area contributed by atoms with E-state index >= 15 is 0 Å². The predicted octanol–water partition coefficient (Wildman–Crippen LogP) is 3.76. The van der Waals surface area contributed by atoms with Gasteiger partial charge in [-0.1, -0.05) is 19.1 Å². The van der Waals surface area contributed by atoms with Crippen molar-refractivity contribution in [1.29, 1.82) is 0 Å². The summed E-state index contributed by atoms with van der Waals surface area (Å²) in [4.78, 5) is 4.78. The fourth-order valence-electron chi connectivity index (χ4n) is 3.45. The summed E-state index contributed by atoms with van der Waals surface area (Å²) in [6, 6.07) is 8.25. The van der Waals surface area contributed by atoms with Gasteiger partial charge in [0.15, 0.2) is 5.96 Å². The number of aryl methyl sites for hydroxylation is 1. The van der Waals surface area contributed by atoms with Gasteiger partial charge in [-0.25, -0.2) is 4.99 Å². The van der Waals surface area contributed by atoms with E-state index in [2.05, 4.69) is 54.7 Å². The summed E-state index contributed by atoms with van der Waals surface area (Å²) in [6.07, 6.45) is 6.20. The van der Waals surface area contributed by atoms with Gasteiger partial charge in [0.1, 0.15) is 12.4 Å². The normalized spacial score (nSPS) is 17.1. The van der Waals surface area contributed by atoms with Gasteiger partial charge in [0.25, 0.3) is 0 Å². The molecule has 172 valence electrons. The lowest BCUT2D eigenvalue weighted by Gasteiger charge is -2.17. The van der Waals surface area contributed by atoms with Gasteiger partial charge in [-0.3, -0.25) is 4.68 Å². The lowest BCUT2D eigenvalue weighted by Crippen LogP contribution is -2.40. The molecule has 0 saturated carbocycles. The van der Waals surface area contributed by atoms with Crippen LogP contribution in [-0.4, -0.2) is 48.1 Å². The molecule has 0 bridgehead atoms. The molecule has 2 N–H and O–H groups in total. The number of benzene rings is 1. The highest BCUT2D eigenvalue weighted by molar-refractivity contribution is 14.0. The third-order valence-electron chi connectivity index (χ3n) is 5.10. The molecule has 0 spiro atoms. The zero-order valence-electron chi connectivity index (χ0n) is 18.8. The minimum absolute atomic E-state index is 0. The Kier molecular flexibility index (Phi) is 11.1. The molecule has 0 amide bonds. The van der Waals surface area contributed by atoms with Crippen LogP contribution >= 0.6 is 24.0 Å². The highest BCUT2D eigenvalue weighted by Crippen LogP contribution is 2.23. The van der Waals surface area contributed by atoms with Crippen LogP contribution < -0.4 is 15.4 Å². The molecule has 0 aliphatic carbocycles. The molecule has 1 aromatic heterocycles. The molecule has 3 rings (SSSR count). The van der Waals surface area contributed by atoms with E-state index in [0.29, 0.717) is 19.1 Å². The highest BCUT2D eigenvalue weighted by atomic mass is 127. The lowest BCUT2D eigenvalue weighted by atomic mass is 10.1. The van der Waals surface area contributed by atoms with Crippen LogP contribution in [0.25, 0.3) is 0 Å². The number of hydrogen-bond donors (Lipinski definition) is 2. The maximum atomic E-state index is 6.11. The van der Waals surface area contributed by atoms with Crippen molar-refractivity contribution in [2.24, 2.45) is 10.9 Å². The maximum Gasteiger partial charge on any atom is 0.191 e. The molecule has 1 fully saturated rings. The van der Waals surface area contributed by atoms with Crippen molar-refractivity contribution in [1.82, 2.24) is 20.4 Å². The third kappa shape index (κ3) is 8.68. The molecule has 2 aromatic rings. The van der Waals surface area contributed by atoms with E-state index in [4.69, 9.17) is 14.5 Å². The molecular formula is C23H36IN5O2. The number of nitrogens with zero attached hydrogens (tertiary/aromatic N) is 3. The zero-order chi connectivity index (χ0) is 21.2. The molecule has 2 heterocycles. The number of aliphatic imine (C=N–C) groups is 1. The van der Waals surface area contributed by atoms with Crippen molar-refractivity contribution in [2.75, 3.05) is 26.3 Å². The largest absolute Gasteiger partial charge is 0.491 e. The molecule has 7 nitrogen and oxygen atoms in total. The van der Waals surface area contributed by atoms with Gasteiger partial charge in [-0.15, -0.1) is 24.0 Å². The van der Waals surface area contributed by atoms with Gasteiger partial charge < -0.3 is 20.1 Å². The Morgan fingerprint density at radius 2 is 2.26 bits per heavy atom. The first kappa shape index (κ1) is 25.5. The average molecular weight is 541 g/mol. The van der Waals surface area contributed by atoms with E-state index in [1.54, 1.807) is 0 Å². The van der Waals surface area contributed by atoms with Crippen molar-refractivity contribution < 1.29 is 9.47 Å². The average Bonchev–Trinajstić information content (AvgIpc) is 3.43. The number of nitrogens with one attached hydrogen (secondary N) is 2. The summed E-state index contributed by atoms with van der Waals surface area (Å²) in [5.41, 5.74) is 2.27. The monoisotopic (exact) mass is 541 g/mol. The Morgan fingerprint density at radius 3 is 2.97 bits per heavy atom. The van der Waals surface area contributed by atoms with Crippen LogP contribution in [0, 0.1) is 12.8 Å². The van der Waals surface area contributed by atoms with E-state index in [1.165, 1.54) is 5.56 Å². The number of rotatable bonds is 10. The summed E-state index contributed by atoms with van der Waals surface area (Å²) >= 11 is 0. The van der Waals surface area contributed by atoms with E-state index in [0.717, 1.165) is 56.4 Å². The highest BCUT2D eigenvalue weighted by Gasteiger charge is 2.17. The van der Waals surface area contributed by atoms with Crippen molar-refractivity contribution in [3.8, 4) is 5.75 Å². The number of aromatic nitrogens is 2. The van der Waals surface area contributed by atoms with Crippen LogP contribution in [0.1, 0.15) is 37.8 Å². The molecule has 2 unspecified atom stereocenters. The first-order chi connectivity index (χ1) is 14.6. The molecule has 1 aliphatic heterocycles. The number of hydrogen-bond acceptors (Lipinski definition) is 4. The smallest absolute Gasteiger partial charge is 0.191 e. The van der Waals surface area contributed by atoms with E-state index < -0.39 is 0 Å². The van der Waals surface area contributed by atoms with Gasteiger partial charge in [-0.2, -0.15) is 5.10 Å². The summed E-state index contributed by atoms with van der Waals surface area (Å²) in [5, 5.41) is 11.1. The standard InChI is InChI=1S/C23H35N5O2.HI/c1-4-24-23(25-14-19(3)16-28-11-6-10-27-28)26-15-20-9-8-18(2)13-22(20)30-17-21-7-5-12-29-21;/h6,8-11,13,19,21H,4-5,7,12,14-17H2,1-3H3,(H2,24,25,26);1H. The van der Waals surface area contributed by atoms with Gasteiger partial charge in [0.05, 0.1) is 12.6 Å². The van der Waals surface area contributed by atoms with Gasteiger partial charge in [0.2, 0.25) is 0 Å². The molecular weight excluding hydrogens is 505 g/mol. The SMILES string of the molecule is CCNC(=NCc1ccc(C)cc1OCC1CCCO1)NCC(C)Cn1cccn1.I. The van der Waals surface area contributed by atoms with Crippen LogP contribution in [0.4, 0.5) is 0 Å². The fourth-order valence-corrected chi connectivity index (χ4v) is 3.45. The predicted molar refractivity (Wildman–Crippen MR) is 135 cm³/mol. The zero-order valence-corrected chi connectivity index (χ0v) is 21.2. The second-order valence-corrected chi connectivity index (χ2v) is 7.97. The summed E-state index contributed by atoms with van der Waals surface area (Å²) in [5.74, 6) is 2.14. The van der Waals surface area contributed by atoms with E-state index in [1.807, 2.05) is 23.1 Å². The van der Waals surface area contributed by atoms with Crippen LogP contribution in [-0.2, 0) is 17.8 Å². The van der Waals surface area contributed by atoms with Crippen LogP contribution in [0.3, 0.4) is 0 Å². The molecule has 31 heavy (non-hydrogen) atoms. The van der Waals surface area contributed by atoms with Crippen molar-refractivity contribution >= 4 is 29.9 Å². The topological polar surface area (TPSA) is 72.7 Å². The van der Waals surface area contributed by atoms with Gasteiger partial charge >= 0.3 is 0 Å². The Bertz CT molecular complexity index is 791. The molecule has 8 heteroatoms. The van der Waals surface area contributed by atoms with E-state index in [-0.39, 0.29) is 30.1 Å². The first-order valence-electron chi connectivity index (χ1n) is 11.0. The summed E-state index contributed by atoms with van der Waals surface area (Å²) < 4.78 is 13.8. The molecule has 1 aromatic carbocycles. The number of halogens is 1. The Balaban J connectivity index is 0.00000341. The minimum atomic E-state index is 0. The Morgan fingerprint density at radius 1 is 1.39 bits per heavy atom. The van der Waals surface area contributed by atoms with Crippen LogP contribution in [0.15, 0.2) is 41.7 Å².